The maximum atomic E-state index is 9.64. The molecule has 10 heteroatoms. The molecule has 0 aliphatic carbocycles. The number of hydrogen-bond donors (Lipinski definition) is 3. The summed E-state index contributed by atoms with van der Waals surface area (Å²) in [6.07, 6.45) is 6.21. The lowest BCUT2D eigenvalue weighted by molar-refractivity contribution is 0.304. The minimum absolute atomic E-state index is 0.0354. The average molecular weight is 545 g/mol. The minimum atomic E-state index is 0.0354. The van der Waals surface area contributed by atoms with E-state index < -0.39 is 0 Å². The SMILES string of the molecule is COc1cc(N(C)CCN(C)C)c(N)cc1Nc1ncc(N(C)CCO)c(-c2cn3c4c(cccc24)CCC3)n1. The summed E-state index contributed by atoms with van der Waals surface area (Å²) in [7, 11) is 9.72. The van der Waals surface area contributed by atoms with Crippen LogP contribution in [0, 0.1) is 0 Å². The molecule has 0 saturated carbocycles. The van der Waals surface area contributed by atoms with Crippen LogP contribution in [0.5, 0.6) is 5.75 Å². The Morgan fingerprint density at radius 3 is 2.62 bits per heavy atom. The molecular weight excluding hydrogens is 504 g/mol. The fourth-order valence-corrected chi connectivity index (χ4v) is 5.40. The number of hydrogen-bond acceptors (Lipinski definition) is 9. The number of nitrogens with zero attached hydrogens (tertiary/aromatic N) is 6. The highest BCUT2D eigenvalue weighted by Crippen LogP contribution is 2.40. The van der Waals surface area contributed by atoms with E-state index in [1.54, 1.807) is 7.11 Å². The number of ether oxygens (including phenoxy) is 1. The summed E-state index contributed by atoms with van der Waals surface area (Å²) in [5, 5.41) is 14.2. The van der Waals surface area contributed by atoms with E-state index in [2.05, 4.69) is 63.2 Å². The molecule has 2 aromatic heterocycles. The van der Waals surface area contributed by atoms with Crippen molar-refractivity contribution in [2.45, 2.75) is 19.4 Å². The second-order valence-corrected chi connectivity index (χ2v) is 10.7. The lowest BCUT2D eigenvalue weighted by Gasteiger charge is -2.24. The van der Waals surface area contributed by atoms with Crippen molar-refractivity contribution in [2.75, 3.05) is 82.4 Å². The van der Waals surface area contributed by atoms with Gasteiger partial charge in [-0.25, -0.2) is 9.97 Å². The van der Waals surface area contributed by atoms with Gasteiger partial charge in [0.25, 0.3) is 0 Å². The van der Waals surface area contributed by atoms with Gasteiger partial charge in [0.2, 0.25) is 5.95 Å². The molecule has 0 atom stereocenters. The zero-order valence-electron chi connectivity index (χ0n) is 24.1. The molecule has 0 amide bonds. The molecular formula is C30H40N8O2. The number of nitrogens with two attached hydrogens (primary N) is 1. The summed E-state index contributed by atoms with van der Waals surface area (Å²) >= 11 is 0. The minimum Gasteiger partial charge on any atom is -0.494 e. The summed E-state index contributed by atoms with van der Waals surface area (Å²) in [5.41, 5.74) is 14.1. The smallest absolute Gasteiger partial charge is 0.227 e. The molecule has 3 heterocycles. The van der Waals surface area contributed by atoms with Crippen molar-refractivity contribution in [3.63, 3.8) is 0 Å². The van der Waals surface area contributed by atoms with E-state index in [1.807, 2.05) is 37.3 Å². The number of anilines is 5. The fourth-order valence-electron chi connectivity index (χ4n) is 5.40. The van der Waals surface area contributed by atoms with Crippen molar-refractivity contribution >= 4 is 39.6 Å². The third-order valence-electron chi connectivity index (χ3n) is 7.59. The zero-order chi connectivity index (χ0) is 28.4. The number of nitrogens with one attached hydrogen (secondary N) is 1. The van der Waals surface area contributed by atoms with Gasteiger partial charge in [0.15, 0.2) is 0 Å². The molecule has 212 valence electrons. The van der Waals surface area contributed by atoms with E-state index in [0.717, 1.165) is 55.1 Å². The van der Waals surface area contributed by atoms with Crippen LogP contribution in [-0.2, 0) is 13.0 Å². The van der Waals surface area contributed by atoms with E-state index in [-0.39, 0.29) is 6.61 Å². The number of aliphatic hydroxyl groups is 1. The van der Waals surface area contributed by atoms with Gasteiger partial charge in [0, 0.05) is 63.5 Å². The Bertz CT molecular complexity index is 1500. The first-order chi connectivity index (χ1) is 19.3. The van der Waals surface area contributed by atoms with Gasteiger partial charge in [0.1, 0.15) is 11.4 Å². The molecule has 0 fully saturated rings. The summed E-state index contributed by atoms with van der Waals surface area (Å²) in [4.78, 5) is 15.9. The van der Waals surface area contributed by atoms with E-state index >= 15 is 0 Å². The Morgan fingerprint density at radius 2 is 1.88 bits per heavy atom. The number of likely N-dealkylation sites (N-methyl/N-ethyl adjacent to an activating group) is 3. The van der Waals surface area contributed by atoms with E-state index in [0.29, 0.717) is 29.6 Å². The number of rotatable bonds is 11. The second kappa shape index (κ2) is 11.6. The van der Waals surface area contributed by atoms with Gasteiger partial charge >= 0.3 is 0 Å². The van der Waals surface area contributed by atoms with Crippen LogP contribution < -0.4 is 25.6 Å². The van der Waals surface area contributed by atoms with Crippen molar-refractivity contribution in [1.29, 1.82) is 0 Å². The number of nitrogen functional groups attached to an aromatic ring is 1. The van der Waals surface area contributed by atoms with Crippen molar-refractivity contribution < 1.29 is 9.84 Å². The molecule has 2 aromatic carbocycles. The monoisotopic (exact) mass is 544 g/mol. The number of benzene rings is 2. The normalized spacial score (nSPS) is 12.7. The van der Waals surface area contributed by atoms with Crippen LogP contribution in [-0.4, -0.2) is 86.1 Å². The highest BCUT2D eigenvalue weighted by atomic mass is 16.5. The lowest BCUT2D eigenvalue weighted by Crippen LogP contribution is -2.29. The Balaban J connectivity index is 1.55. The lowest BCUT2D eigenvalue weighted by atomic mass is 10.0. The van der Waals surface area contributed by atoms with E-state index in [9.17, 15) is 5.11 Å². The first-order valence-electron chi connectivity index (χ1n) is 13.7. The van der Waals surface area contributed by atoms with Crippen molar-refractivity contribution in [3.8, 4) is 17.0 Å². The zero-order valence-corrected chi connectivity index (χ0v) is 24.1. The summed E-state index contributed by atoms with van der Waals surface area (Å²) < 4.78 is 8.08. The van der Waals surface area contributed by atoms with Gasteiger partial charge in [-0.05, 0) is 38.6 Å². The van der Waals surface area contributed by atoms with Crippen LogP contribution in [0.1, 0.15) is 12.0 Å². The molecule has 5 rings (SSSR count). The van der Waals surface area contributed by atoms with Gasteiger partial charge < -0.3 is 40.2 Å². The van der Waals surface area contributed by atoms with Crippen molar-refractivity contribution in [2.24, 2.45) is 0 Å². The van der Waals surface area contributed by atoms with Crippen molar-refractivity contribution in [1.82, 2.24) is 19.4 Å². The first kappa shape index (κ1) is 27.5. The molecule has 0 saturated heterocycles. The standard InChI is InChI=1S/C30H40N8O2/c1-35(2)12-13-36(3)25-17-27(40-5)24(16-23(25)31)33-30-32-18-26(37(4)14-15-39)28(34-30)22-19-38-11-7-9-20-8-6-10-21(22)29(20)38/h6,8,10,16-19,39H,7,9,11-15,31H2,1-5H3,(H,32,33,34). The number of aryl methyl sites for hydroxylation is 2. The highest BCUT2D eigenvalue weighted by molar-refractivity contribution is 6.00. The van der Waals surface area contributed by atoms with Crippen LogP contribution in [0.3, 0.4) is 0 Å². The molecule has 4 aromatic rings. The molecule has 40 heavy (non-hydrogen) atoms. The molecule has 1 aliphatic heterocycles. The fraction of sp³-hybridized carbons (Fsp3) is 0.400. The molecule has 0 bridgehead atoms. The maximum Gasteiger partial charge on any atom is 0.227 e. The molecule has 1 aliphatic rings. The number of methoxy groups -OCH3 is 1. The first-order valence-corrected chi connectivity index (χ1v) is 13.7. The quantitative estimate of drug-likeness (QED) is 0.243. The summed E-state index contributed by atoms with van der Waals surface area (Å²) in [6.45, 7) is 3.23. The Kier molecular flexibility index (Phi) is 7.99. The summed E-state index contributed by atoms with van der Waals surface area (Å²) in [5.74, 6) is 1.09. The maximum absolute atomic E-state index is 9.64. The third kappa shape index (κ3) is 5.37. The number of aliphatic hydroxyl groups excluding tert-OH is 1. The third-order valence-corrected chi connectivity index (χ3v) is 7.59. The van der Waals surface area contributed by atoms with Crippen LogP contribution in [0.2, 0.25) is 0 Å². The molecule has 4 N–H and O–H groups in total. The molecule has 10 nitrogen and oxygen atoms in total. The second-order valence-electron chi connectivity index (χ2n) is 10.7. The molecule has 0 radical (unpaired) electrons. The van der Waals surface area contributed by atoms with Gasteiger partial charge in [0.05, 0.1) is 48.2 Å². The predicted molar refractivity (Wildman–Crippen MR) is 164 cm³/mol. The Hall–Kier alpha value is -4.02. The number of aromatic nitrogens is 3. The van der Waals surface area contributed by atoms with Gasteiger partial charge in [-0.15, -0.1) is 0 Å². The van der Waals surface area contributed by atoms with Crippen LogP contribution in [0.15, 0.2) is 42.7 Å². The van der Waals surface area contributed by atoms with Gasteiger partial charge in [-0.3, -0.25) is 0 Å². The van der Waals surface area contributed by atoms with E-state index in [4.69, 9.17) is 15.5 Å². The largest absolute Gasteiger partial charge is 0.494 e. The van der Waals surface area contributed by atoms with Gasteiger partial charge in [-0.2, -0.15) is 0 Å². The molecule has 0 unspecified atom stereocenters. The number of para-hydroxylation sites is 1. The highest BCUT2D eigenvalue weighted by Gasteiger charge is 2.22. The summed E-state index contributed by atoms with van der Waals surface area (Å²) in [6, 6.07) is 10.3. The average Bonchev–Trinajstić information content (AvgIpc) is 3.32. The predicted octanol–water partition coefficient (Wildman–Crippen LogP) is 3.81. The Labute approximate surface area is 236 Å². The van der Waals surface area contributed by atoms with Crippen LogP contribution in [0.25, 0.3) is 22.2 Å². The van der Waals surface area contributed by atoms with Crippen molar-refractivity contribution in [3.05, 3.63) is 48.3 Å². The Morgan fingerprint density at radius 1 is 1.07 bits per heavy atom. The molecule has 0 spiro atoms. The van der Waals surface area contributed by atoms with Crippen LogP contribution >= 0.6 is 0 Å². The topological polar surface area (TPSA) is 108 Å². The van der Waals surface area contributed by atoms with E-state index in [1.165, 1.54) is 16.5 Å². The van der Waals surface area contributed by atoms with Crippen LogP contribution in [0.4, 0.5) is 28.7 Å². The van der Waals surface area contributed by atoms with Gasteiger partial charge in [-0.1, -0.05) is 18.2 Å².